The molecule has 1 unspecified atom stereocenters. The normalized spacial score (nSPS) is 12.1. The van der Waals surface area contributed by atoms with E-state index in [1.54, 1.807) is 13.0 Å². The fourth-order valence-electron chi connectivity index (χ4n) is 2.74. The lowest BCUT2D eigenvalue weighted by Crippen LogP contribution is -2.28. The number of nitrogens with zero attached hydrogens (tertiary/aromatic N) is 3. The van der Waals surface area contributed by atoms with Gasteiger partial charge >= 0.3 is 0 Å². The summed E-state index contributed by atoms with van der Waals surface area (Å²) in [6.07, 6.45) is 0. The zero-order valence-electron chi connectivity index (χ0n) is 13.2. The van der Waals surface area contributed by atoms with Crippen LogP contribution < -0.4 is 11.3 Å². The second kappa shape index (κ2) is 5.87. The molecule has 6 heteroatoms. The molecule has 0 aliphatic carbocycles. The molecule has 1 aromatic heterocycles. The topological polar surface area (TPSA) is 84.7 Å². The van der Waals surface area contributed by atoms with Gasteiger partial charge in [-0.1, -0.05) is 12.1 Å². The monoisotopic (exact) mass is 322 g/mol. The van der Waals surface area contributed by atoms with Gasteiger partial charge in [-0.25, -0.2) is 9.37 Å². The van der Waals surface area contributed by atoms with Crippen LogP contribution in [0, 0.1) is 24.1 Å². The minimum absolute atomic E-state index is 0.123. The highest BCUT2D eigenvalue weighted by molar-refractivity contribution is 5.81. The molecule has 1 atom stereocenters. The first-order valence-corrected chi connectivity index (χ1v) is 7.41. The van der Waals surface area contributed by atoms with Crippen LogP contribution >= 0.6 is 0 Å². The van der Waals surface area contributed by atoms with E-state index in [9.17, 15) is 9.18 Å². The summed E-state index contributed by atoms with van der Waals surface area (Å²) in [5.41, 5.74) is 7.32. The Labute approximate surface area is 137 Å². The Morgan fingerprint density at radius 2 is 2.08 bits per heavy atom. The summed E-state index contributed by atoms with van der Waals surface area (Å²) in [6, 6.07) is 10.5. The third kappa shape index (κ3) is 2.55. The molecule has 3 aromatic rings. The Morgan fingerprint density at radius 1 is 1.33 bits per heavy atom. The van der Waals surface area contributed by atoms with Crippen LogP contribution in [0.4, 0.5) is 4.39 Å². The highest BCUT2D eigenvalue weighted by Crippen LogP contribution is 2.20. The van der Waals surface area contributed by atoms with Crippen LogP contribution in [0.15, 0.2) is 41.2 Å². The highest BCUT2D eigenvalue weighted by Gasteiger charge is 2.17. The smallest absolute Gasteiger partial charge is 0.266 e. The van der Waals surface area contributed by atoms with Crippen molar-refractivity contribution in [1.29, 1.82) is 5.26 Å². The van der Waals surface area contributed by atoms with Crippen LogP contribution in [-0.4, -0.2) is 9.55 Å². The molecular weight excluding hydrogens is 307 g/mol. The molecule has 3 rings (SSSR count). The number of benzene rings is 2. The van der Waals surface area contributed by atoms with Gasteiger partial charge in [0.1, 0.15) is 11.6 Å². The number of rotatable bonds is 2. The summed E-state index contributed by atoms with van der Waals surface area (Å²) in [4.78, 5) is 17.5. The standard InChI is InChI=1S/C18H15FN4O/c1-10-4-3-5-15-16(10)18(24)23(17(22-15)11(2)21)14-7-12(9-20)6-13(19)8-14/h3-8,11H,21H2,1-2H3. The van der Waals surface area contributed by atoms with Gasteiger partial charge < -0.3 is 5.73 Å². The van der Waals surface area contributed by atoms with Crippen LogP contribution in [0.25, 0.3) is 16.6 Å². The van der Waals surface area contributed by atoms with E-state index in [0.717, 1.165) is 11.6 Å². The van der Waals surface area contributed by atoms with Gasteiger partial charge in [0.2, 0.25) is 0 Å². The Hall–Kier alpha value is -3.04. The van der Waals surface area contributed by atoms with Gasteiger partial charge in [-0.05, 0) is 43.7 Å². The number of hydrogen-bond donors (Lipinski definition) is 1. The lowest BCUT2D eigenvalue weighted by Gasteiger charge is -2.17. The molecule has 0 fully saturated rings. The summed E-state index contributed by atoms with van der Waals surface area (Å²) >= 11 is 0. The van der Waals surface area contributed by atoms with E-state index >= 15 is 0 Å². The summed E-state index contributed by atoms with van der Waals surface area (Å²) in [5.74, 6) is -0.288. The number of nitrogens with two attached hydrogens (primary N) is 1. The quantitative estimate of drug-likeness (QED) is 0.786. The third-order valence-electron chi connectivity index (χ3n) is 3.81. The van der Waals surface area contributed by atoms with Crippen molar-refractivity contribution in [2.45, 2.75) is 19.9 Å². The summed E-state index contributed by atoms with van der Waals surface area (Å²) in [7, 11) is 0. The lowest BCUT2D eigenvalue weighted by atomic mass is 10.1. The maximum absolute atomic E-state index is 13.8. The van der Waals surface area contributed by atoms with Gasteiger partial charge in [-0.3, -0.25) is 9.36 Å². The molecular formula is C18H15FN4O. The van der Waals surface area contributed by atoms with E-state index in [4.69, 9.17) is 11.0 Å². The van der Waals surface area contributed by atoms with Crippen molar-refractivity contribution in [2.75, 3.05) is 0 Å². The van der Waals surface area contributed by atoms with Crippen molar-refractivity contribution >= 4 is 10.9 Å². The van der Waals surface area contributed by atoms with E-state index in [0.29, 0.717) is 16.7 Å². The Kier molecular flexibility index (Phi) is 3.87. The summed E-state index contributed by atoms with van der Waals surface area (Å²) < 4.78 is 15.1. The van der Waals surface area contributed by atoms with Crippen LogP contribution in [0.3, 0.4) is 0 Å². The van der Waals surface area contributed by atoms with Crippen LogP contribution in [0.5, 0.6) is 0 Å². The van der Waals surface area contributed by atoms with Crippen molar-refractivity contribution in [3.05, 3.63) is 69.5 Å². The molecule has 0 saturated heterocycles. The SMILES string of the molecule is Cc1cccc2nc(C(C)N)n(-c3cc(F)cc(C#N)c3)c(=O)c12. The summed E-state index contributed by atoms with van der Waals surface area (Å²) in [5, 5.41) is 9.50. The molecule has 0 bridgehead atoms. The molecule has 0 aliphatic heterocycles. The van der Waals surface area contributed by atoms with Gasteiger partial charge in [0.15, 0.2) is 0 Å². The maximum atomic E-state index is 13.8. The van der Waals surface area contributed by atoms with Crippen molar-refractivity contribution in [1.82, 2.24) is 9.55 Å². The molecule has 0 saturated carbocycles. The second-order valence-corrected chi connectivity index (χ2v) is 5.68. The first-order chi connectivity index (χ1) is 11.4. The third-order valence-corrected chi connectivity index (χ3v) is 3.81. The number of halogens is 1. The maximum Gasteiger partial charge on any atom is 0.266 e. The zero-order valence-corrected chi connectivity index (χ0v) is 13.2. The molecule has 0 spiro atoms. The van der Waals surface area contributed by atoms with Gasteiger partial charge in [-0.2, -0.15) is 5.26 Å². The molecule has 0 amide bonds. The number of fused-ring (bicyclic) bond motifs is 1. The minimum Gasteiger partial charge on any atom is -0.322 e. The fourth-order valence-corrected chi connectivity index (χ4v) is 2.74. The molecule has 120 valence electrons. The average Bonchev–Trinajstić information content (AvgIpc) is 2.53. The summed E-state index contributed by atoms with van der Waals surface area (Å²) in [6.45, 7) is 3.51. The van der Waals surface area contributed by atoms with Crippen LogP contribution in [-0.2, 0) is 0 Å². The first kappa shape index (κ1) is 15.8. The van der Waals surface area contributed by atoms with Gasteiger partial charge in [0, 0.05) is 0 Å². The molecule has 0 aliphatic rings. The Morgan fingerprint density at radius 3 is 2.75 bits per heavy atom. The minimum atomic E-state index is -0.601. The van der Waals surface area contributed by atoms with Crippen molar-refractivity contribution in [3.8, 4) is 11.8 Å². The number of aryl methyl sites for hydroxylation is 1. The predicted molar refractivity (Wildman–Crippen MR) is 89.4 cm³/mol. The van der Waals surface area contributed by atoms with E-state index < -0.39 is 11.9 Å². The van der Waals surface area contributed by atoms with Gasteiger partial charge in [-0.15, -0.1) is 0 Å². The molecule has 5 nitrogen and oxygen atoms in total. The van der Waals surface area contributed by atoms with Gasteiger partial charge in [0.25, 0.3) is 5.56 Å². The van der Waals surface area contributed by atoms with E-state index in [1.807, 2.05) is 25.1 Å². The van der Waals surface area contributed by atoms with Crippen molar-refractivity contribution < 1.29 is 4.39 Å². The molecule has 24 heavy (non-hydrogen) atoms. The fraction of sp³-hybridized carbons (Fsp3) is 0.167. The second-order valence-electron chi connectivity index (χ2n) is 5.68. The molecule has 1 heterocycles. The zero-order chi connectivity index (χ0) is 17.4. The first-order valence-electron chi connectivity index (χ1n) is 7.41. The van der Waals surface area contributed by atoms with Crippen LogP contribution in [0.2, 0.25) is 0 Å². The average molecular weight is 322 g/mol. The number of hydrogen-bond acceptors (Lipinski definition) is 4. The largest absolute Gasteiger partial charge is 0.322 e. The van der Waals surface area contributed by atoms with E-state index in [1.165, 1.54) is 16.7 Å². The number of aromatic nitrogens is 2. The Bertz CT molecular complexity index is 1050. The molecule has 0 radical (unpaired) electrons. The van der Waals surface area contributed by atoms with Gasteiger partial charge in [0.05, 0.1) is 34.3 Å². The highest BCUT2D eigenvalue weighted by atomic mass is 19.1. The van der Waals surface area contributed by atoms with Crippen molar-refractivity contribution in [2.24, 2.45) is 5.73 Å². The van der Waals surface area contributed by atoms with Crippen LogP contribution in [0.1, 0.15) is 29.9 Å². The van der Waals surface area contributed by atoms with E-state index in [2.05, 4.69) is 4.98 Å². The van der Waals surface area contributed by atoms with E-state index in [-0.39, 0.29) is 16.8 Å². The Balaban J connectivity index is 2.47. The molecule has 2 N–H and O–H groups in total. The van der Waals surface area contributed by atoms with Crippen molar-refractivity contribution in [3.63, 3.8) is 0 Å². The lowest BCUT2D eigenvalue weighted by molar-refractivity contribution is 0.623. The molecule has 2 aromatic carbocycles. The predicted octanol–water partition coefficient (Wildman–Crippen LogP) is 2.72. The number of nitriles is 1.